The van der Waals surface area contributed by atoms with Crippen molar-refractivity contribution in [1.29, 1.82) is 0 Å². The van der Waals surface area contributed by atoms with E-state index in [1.807, 2.05) is 43.3 Å². The van der Waals surface area contributed by atoms with Crippen LogP contribution in [0.3, 0.4) is 0 Å². The Labute approximate surface area is 116 Å². The van der Waals surface area contributed by atoms with Gasteiger partial charge in [-0.05, 0) is 31.2 Å². The van der Waals surface area contributed by atoms with Gasteiger partial charge >= 0.3 is 8.53 Å². The Morgan fingerprint density at radius 2 is 2.00 bits per heavy atom. The summed E-state index contributed by atoms with van der Waals surface area (Å²) in [5.74, 6) is 1.33. The smallest absolute Gasteiger partial charge is 0.378 e. The van der Waals surface area contributed by atoms with Crippen LogP contribution < -0.4 is 10.0 Å². The zero-order chi connectivity index (χ0) is 12.5. The highest BCUT2D eigenvalue weighted by Gasteiger charge is 2.08. The molecule has 0 fully saturated rings. The van der Waals surface area contributed by atoms with Crippen molar-refractivity contribution in [1.82, 2.24) is 0 Å². The maximum absolute atomic E-state index is 5.78. The molecule has 0 saturated heterocycles. The van der Waals surface area contributed by atoms with E-state index in [0.717, 1.165) is 0 Å². The van der Waals surface area contributed by atoms with Crippen molar-refractivity contribution in [2.75, 3.05) is 0 Å². The number of hydrogen-bond donors (Lipinski definition) is 1. The zero-order valence-corrected chi connectivity index (χ0v) is 12.1. The summed E-state index contributed by atoms with van der Waals surface area (Å²) in [5.41, 5.74) is 5.78. The lowest BCUT2D eigenvalue weighted by atomic mass is 10.3. The molecule has 1 aromatic rings. The lowest BCUT2D eigenvalue weighted by molar-refractivity contribution is 0.419. The molecule has 0 bridgehead atoms. The van der Waals surface area contributed by atoms with Crippen LogP contribution in [-0.4, -0.2) is 0 Å². The molecule has 1 aromatic carbocycles. The van der Waals surface area contributed by atoms with Crippen LogP contribution in [0.1, 0.15) is 6.92 Å². The first-order valence-electron chi connectivity index (χ1n) is 5.17. The Balaban J connectivity index is 0.00000289. The molecule has 1 atom stereocenters. The van der Waals surface area contributed by atoms with Crippen molar-refractivity contribution in [3.05, 3.63) is 67.0 Å². The summed E-state index contributed by atoms with van der Waals surface area (Å²) in [6.45, 7) is 5.51. The minimum absolute atomic E-state index is 0. The van der Waals surface area contributed by atoms with Crippen LogP contribution in [0, 0.1) is 0 Å². The first kappa shape index (κ1) is 16.8. The first-order valence-corrected chi connectivity index (χ1v) is 6.42. The van der Waals surface area contributed by atoms with Crippen LogP contribution in [0.2, 0.25) is 0 Å². The van der Waals surface area contributed by atoms with E-state index in [0.29, 0.717) is 11.5 Å². The number of benzene rings is 1. The van der Waals surface area contributed by atoms with Gasteiger partial charge in [-0.15, -0.1) is 0 Å². The van der Waals surface area contributed by atoms with Crippen LogP contribution in [0.25, 0.3) is 0 Å². The molecular weight excluding hydrogens is 265 g/mol. The molecule has 0 radical (unpaired) electrons. The highest BCUT2D eigenvalue weighted by atomic mass is 32.1. The largest absolute Gasteiger partial charge is 0.427 e. The Bertz CT molecular complexity index is 407. The van der Waals surface area contributed by atoms with Crippen molar-refractivity contribution in [3.8, 4) is 5.75 Å². The van der Waals surface area contributed by atoms with Gasteiger partial charge in [-0.3, -0.25) is 0 Å². The molecule has 0 heterocycles. The number of allylic oxidation sites excluding steroid dienone is 4. The molecule has 3 nitrogen and oxygen atoms in total. The van der Waals surface area contributed by atoms with Gasteiger partial charge in [-0.1, -0.05) is 36.9 Å². The molecule has 98 valence electrons. The maximum atomic E-state index is 5.78. The fourth-order valence-corrected chi connectivity index (χ4v) is 1.80. The van der Waals surface area contributed by atoms with Gasteiger partial charge in [0.05, 0.1) is 0 Å². The normalized spacial score (nSPS) is 12.7. The zero-order valence-electron chi connectivity index (χ0n) is 10.2. The highest BCUT2D eigenvalue weighted by molar-refractivity contribution is 7.59. The predicted octanol–water partition coefficient (Wildman–Crippen LogP) is 4.03. The quantitative estimate of drug-likeness (QED) is 0.487. The van der Waals surface area contributed by atoms with E-state index in [9.17, 15) is 0 Å². The van der Waals surface area contributed by atoms with Gasteiger partial charge in [-0.25, -0.2) is 5.50 Å². The van der Waals surface area contributed by atoms with Gasteiger partial charge in [0.15, 0.2) is 0 Å². The third kappa shape index (κ3) is 6.50. The van der Waals surface area contributed by atoms with Crippen LogP contribution in [0.4, 0.5) is 0 Å². The minimum Gasteiger partial charge on any atom is -0.427 e. The van der Waals surface area contributed by atoms with Gasteiger partial charge in [0.25, 0.3) is 0 Å². The van der Waals surface area contributed by atoms with E-state index in [1.54, 1.807) is 18.2 Å². The van der Waals surface area contributed by atoms with E-state index in [-0.39, 0.29) is 13.5 Å². The number of hydrogen-bond acceptors (Lipinski definition) is 3. The maximum Gasteiger partial charge on any atom is 0.378 e. The van der Waals surface area contributed by atoms with Crippen molar-refractivity contribution in [2.24, 2.45) is 5.50 Å². The molecule has 0 spiro atoms. The average molecular weight is 283 g/mol. The van der Waals surface area contributed by atoms with E-state index in [4.69, 9.17) is 14.6 Å². The second-order valence-corrected chi connectivity index (χ2v) is 4.02. The fourth-order valence-electron chi connectivity index (χ4n) is 1.10. The molecule has 0 aliphatic heterocycles. The summed E-state index contributed by atoms with van der Waals surface area (Å²) in [5, 5.41) is 0. The molecule has 0 amide bonds. The topological polar surface area (TPSA) is 44.5 Å². The van der Waals surface area contributed by atoms with E-state index in [1.165, 1.54) is 0 Å². The van der Waals surface area contributed by atoms with E-state index < -0.39 is 8.53 Å². The fraction of sp³-hybridized carbons (Fsp3) is 0.0769. The van der Waals surface area contributed by atoms with E-state index >= 15 is 0 Å². The molecule has 1 rings (SSSR count). The summed E-state index contributed by atoms with van der Waals surface area (Å²) < 4.78 is 10.9. The summed E-state index contributed by atoms with van der Waals surface area (Å²) in [6.07, 6.45) is 7.04. The molecular formula is C13H18NO2PS. The van der Waals surface area contributed by atoms with Gasteiger partial charge in [-0.2, -0.15) is 13.5 Å². The first-order chi connectivity index (χ1) is 8.26. The lowest BCUT2D eigenvalue weighted by Gasteiger charge is -2.14. The molecule has 1 unspecified atom stereocenters. The molecule has 0 aliphatic carbocycles. The third-order valence-electron chi connectivity index (χ3n) is 1.75. The molecule has 0 aliphatic rings. The molecule has 18 heavy (non-hydrogen) atoms. The molecule has 0 aromatic heterocycles. The van der Waals surface area contributed by atoms with Crippen molar-refractivity contribution >= 4 is 22.0 Å². The van der Waals surface area contributed by atoms with Gasteiger partial charge in [0.1, 0.15) is 11.5 Å². The summed E-state index contributed by atoms with van der Waals surface area (Å²) in [7, 11) is -1.49. The van der Waals surface area contributed by atoms with Crippen molar-refractivity contribution < 1.29 is 9.05 Å². The Kier molecular flexibility index (Phi) is 9.11. The second-order valence-electron chi connectivity index (χ2n) is 3.09. The number of nitrogens with two attached hydrogens (primary N) is 1. The van der Waals surface area contributed by atoms with E-state index in [2.05, 4.69) is 6.58 Å². The SMILES string of the molecule is C=C/C=C(\C=C/C)OP(N)Oc1ccccc1.S. The highest BCUT2D eigenvalue weighted by Crippen LogP contribution is 2.34. The van der Waals surface area contributed by atoms with Crippen molar-refractivity contribution in [3.63, 3.8) is 0 Å². The molecule has 2 N–H and O–H groups in total. The summed E-state index contributed by atoms with van der Waals surface area (Å²) in [4.78, 5) is 0. The minimum atomic E-state index is -1.49. The third-order valence-corrected chi connectivity index (χ3v) is 2.53. The predicted molar refractivity (Wildman–Crippen MR) is 82.7 cm³/mol. The van der Waals surface area contributed by atoms with Gasteiger partial charge in [0.2, 0.25) is 0 Å². The lowest BCUT2D eigenvalue weighted by Crippen LogP contribution is -2.00. The monoisotopic (exact) mass is 283 g/mol. The van der Waals surface area contributed by atoms with Crippen molar-refractivity contribution in [2.45, 2.75) is 6.92 Å². The average Bonchev–Trinajstić information content (AvgIpc) is 2.30. The van der Waals surface area contributed by atoms with Crippen LogP contribution >= 0.6 is 22.0 Å². The van der Waals surface area contributed by atoms with Gasteiger partial charge in [0, 0.05) is 0 Å². The van der Waals surface area contributed by atoms with Gasteiger partial charge < -0.3 is 9.05 Å². The Morgan fingerprint density at radius 1 is 1.33 bits per heavy atom. The second kappa shape index (κ2) is 9.77. The van der Waals surface area contributed by atoms with Crippen LogP contribution in [0.5, 0.6) is 5.75 Å². The standard InChI is InChI=1S/C13H16NO2P.H2S/c1-3-8-12(9-4-2)15-17(14)16-13-10-6-5-7-11-13;/h3-11H,1,14H2,2H3;1H2/b9-4-,12-8+;. The van der Waals surface area contributed by atoms with Crippen LogP contribution in [0.15, 0.2) is 67.0 Å². The number of para-hydroxylation sites is 1. The Morgan fingerprint density at radius 3 is 2.56 bits per heavy atom. The molecule has 0 saturated carbocycles. The molecule has 5 heteroatoms. The summed E-state index contributed by atoms with van der Waals surface area (Å²) >= 11 is 0. The Hall–Kier alpha value is -1.22. The van der Waals surface area contributed by atoms with Crippen LogP contribution in [-0.2, 0) is 4.52 Å². The summed E-state index contributed by atoms with van der Waals surface area (Å²) in [6, 6.07) is 9.33. The number of rotatable bonds is 6.